The second-order valence-corrected chi connectivity index (χ2v) is 7.34. The maximum absolute atomic E-state index is 13.1. The van der Waals surface area contributed by atoms with Gasteiger partial charge in [-0.05, 0) is 24.1 Å². The lowest BCUT2D eigenvalue weighted by Crippen LogP contribution is -2.60. The van der Waals surface area contributed by atoms with Crippen LogP contribution < -0.4 is 4.72 Å². The first-order chi connectivity index (χ1) is 10.6. The van der Waals surface area contributed by atoms with E-state index < -0.39 is 39.9 Å². The maximum Gasteiger partial charge on any atom is 0.321 e. The number of hydrogen-bond acceptors (Lipinski definition) is 4. The van der Waals surface area contributed by atoms with E-state index in [1.165, 1.54) is 19.2 Å². The number of likely N-dealkylation sites (N-methyl/N-ethyl adjacent to an activating group) is 1. The molecule has 2 unspecified atom stereocenters. The zero-order valence-electron chi connectivity index (χ0n) is 12.0. The van der Waals surface area contributed by atoms with E-state index >= 15 is 0 Å². The van der Waals surface area contributed by atoms with Gasteiger partial charge in [-0.25, -0.2) is 4.39 Å². The van der Waals surface area contributed by atoms with Crippen molar-refractivity contribution in [2.45, 2.75) is 24.9 Å². The third-order valence-corrected chi connectivity index (χ3v) is 5.49. The molecule has 2 rings (SSSR count). The van der Waals surface area contributed by atoms with E-state index in [4.69, 9.17) is 16.7 Å². The van der Waals surface area contributed by atoms with E-state index in [1.807, 2.05) is 4.72 Å². The second kappa shape index (κ2) is 6.52. The van der Waals surface area contributed by atoms with Gasteiger partial charge >= 0.3 is 5.97 Å². The van der Waals surface area contributed by atoms with Crippen LogP contribution in [0.3, 0.4) is 0 Å². The zero-order valence-corrected chi connectivity index (χ0v) is 13.6. The summed E-state index contributed by atoms with van der Waals surface area (Å²) in [5.41, 5.74) is 0.414. The topological polar surface area (TPSA) is 104 Å². The van der Waals surface area contributed by atoms with Crippen molar-refractivity contribution in [1.29, 1.82) is 0 Å². The fraction of sp³-hybridized carbons (Fsp3) is 0.385. The Bertz CT molecular complexity index is 755. The molecule has 1 aromatic carbocycles. The molecule has 0 aliphatic carbocycles. The Morgan fingerprint density at radius 3 is 2.70 bits per heavy atom. The Labute approximate surface area is 137 Å². The summed E-state index contributed by atoms with van der Waals surface area (Å²) in [4.78, 5) is 23.4. The fourth-order valence-corrected chi connectivity index (χ4v) is 3.77. The first kappa shape index (κ1) is 17.8. The van der Waals surface area contributed by atoms with Crippen LogP contribution in [0, 0.1) is 5.82 Å². The summed E-state index contributed by atoms with van der Waals surface area (Å²) in [5, 5.41) is 8.85. The van der Waals surface area contributed by atoms with Crippen molar-refractivity contribution in [3.63, 3.8) is 0 Å². The molecule has 1 aromatic rings. The minimum Gasteiger partial charge on any atom is -0.480 e. The van der Waals surface area contributed by atoms with Crippen LogP contribution >= 0.6 is 11.6 Å². The van der Waals surface area contributed by atoms with Gasteiger partial charge in [0.2, 0.25) is 0 Å². The monoisotopic (exact) mass is 364 g/mol. The number of nitrogens with one attached hydrogen (secondary N) is 1. The van der Waals surface area contributed by atoms with Gasteiger partial charge < -0.3 is 5.11 Å². The quantitative estimate of drug-likeness (QED) is 0.813. The van der Waals surface area contributed by atoms with Crippen LogP contribution in [0.15, 0.2) is 18.2 Å². The third kappa shape index (κ3) is 3.86. The number of benzene rings is 1. The van der Waals surface area contributed by atoms with Gasteiger partial charge in [0, 0.05) is 13.5 Å². The summed E-state index contributed by atoms with van der Waals surface area (Å²) in [6, 6.07) is 1.25. The smallest absolute Gasteiger partial charge is 0.321 e. The van der Waals surface area contributed by atoms with Gasteiger partial charge in [-0.2, -0.15) is 17.4 Å². The van der Waals surface area contributed by atoms with Crippen molar-refractivity contribution in [2.24, 2.45) is 0 Å². The normalized spacial score (nSPS) is 24.3. The number of aliphatic carboxylic acids is 1. The van der Waals surface area contributed by atoms with Gasteiger partial charge in [-0.1, -0.05) is 17.7 Å². The van der Waals surface area contributed by atoms with Gasteiger partial charge in [0.15, 0.2) is 5.78 Å². The minimum absolute atomic E-state index is 0.148. The van der Waals surface area contributed by atoms with Crippen molar-refractivity contribution < 1.29 is 27.5 Å². The molecule has 1 heterocycles. The molecule has 23 heavy (non-hydrogen) atoms. The lowest BCUT2D eigenvalue weighted by Gasteiger charge is -2.34. The maximum atomic E-state index is 13.1. The molecule has 1 aliphatic heterocycles. The van der Waals surface area contributed by atoms with Crippen LogP contribution in [0.1, 0.15) is 12.0 Å². The highest BCUT2D eigenvalue weighted by Gasteiger charge is 2.42. The summed E-state index contributed by atoms with van der Waals surface area (Å²) in [7, 11) is -2.87. The predicted molar refractivity (Wildman–Crippen MR) is 79.8 cm³/mol. The fourth-order valence-electron chi connectivity index (χ4n) is 2.30. The number of carbonyl (C=O) groups excluding carboxylic acids is 1. The molecule has 1 saturated heterocycles. The number of carboxylic acid groups (broad SMARTS) is 1. The summed E-state index contributed by atoms with van der Waals surface area (Å²) < 4.78 is 39.7. The number of carboxylic acids is 1. The van der Waals surface area contributed by atoms with Crippen molar-refractivity contribution in [2.75, 3.05) is 7.05 Å². The van der Waals surface area contributed by atoms with E-state index in [0.29, 0.717) is 5.56 Å². The van der Waals surface area contributed by atoms with Crippen LogP contribution in [-0.2, 0) is 26.2 Å². The lowest BCUT2D eigenvalue weighted by molar-refractivity contribution is -0.140. The molecule has 0 bridgehead atoms. The highest BCUT2D eigenvalue weighted by atomic mass is 35.5. The highest BCUT2D eigenvalue weighted by molar-refractivity contribution is 7.87. The van der Waals surface area contributed by atoms with Gasteiger partial charge in [0.05, 0.1) is 11.1 Å². The molecule has 10 heteroatoms. The predicted octanol–water partition coefficient (Wildman–Crippen LogP) is 0.582. The minimum atomic E-state index is -4.06. The Balaban J connectivity index is 2.22. The molecule has 126 valence electrons. The van der Waals surface area contributed by atoms with E-state index in [9.17, 15) is 22.4 Å². The molecule has 0 radical (unpaired) electrons. The summed E-state index contributed by atoms with van der Waals surface area (Å²) in [6.07, 6.45) is -0.379. The van der Waals surface area contributed by atoms with Gasteiger partial charge in [-0.15, -0.1) is 0 Å². The van der Waals surface area contributed by atoms with Crippen LogP contribution in [-0.4, -0.2) is 48.7 Å². The molecule has 7 nitrogen and oxygen atoms in total. The van der Waals surface area contributed by atoms with Crippen molar-refractivity contribution in [3.05, 3.63) is 34.6 Å². The molecule has 0 saturated carbocycles. The van der Waals surface area contributed by atoms with Crippen LogP contribution in [0.4, 0.5) is 4.39 Å². The van der Waals surface area contributed by atoms with Crippen LogP contribution in [0.2, 0.25) is 5.02 Å². The van der Waals surface area contributed by atoms with E-state index in [2.05, 4.69) is 0 Å². The van der Waals surface area contributed by atoms with Crippen LogP contribution in [0.5, 0.6) is 0 Å². The van der Waals surface area contributed by atoms with E-state index in [0.717, 1.165) is 10.4 Å². The average molecular weight is 365 g/mol. The Morgan fingerprint density at radius 1 is 1.48 bits per heavy atom. The van der Waals surface area contributed by atoms with Crippen molar-refractivity contribution in [1.82, 2.24) is 9.03 Å². The SMILES string of the molecule is CN1C(C(=O)Cc2ccc(F)c(Cl)c2)CC(C(=O)O)NS1(=O)=O. The molecule has 0 spiro atoms. The molecule has 1 fully saturated rings. The molecule has 2 atom stereocenters. The van der Waals surface area contributed by atoms with Crippen molar-refractivity contribution >= 4 is 33.6 Å². The number of nitrogens with zero attached hydrogens (tertiary/aromatic N) is 1. The van der Waals surface area contributed by atoms with Crippen LogP contribution in [0.25, 0.3) is 0 Å². The number of rotatable bonds is 4. The van der Waals surface area contributed by atoms with Crippen molar-refractivity contribution in [3.8, 4) is 0 Å². The average Bonchev–Trinajstić information content (AvgIpc) is 2.45. The number of halogens is 2. The van der Waals surface area contributed by atoms with Gasteiger partial charge in [0.1, 0.15) is 11.9 Å². The van der Waals surface area contributed by atoms with E-state index in [-0.39, 0.29) is 17.9 Å². The number of ketones is 1. The summed E-state index contributed by atoms with van der Waals surface area (Å²) in [5.74, 6) is -2.48. The molecule has 0 amide bonds. The van der Waals surface area contributed by atoms with Gasteiger partial charge in [0.25, 0.3) is 10.2 Å². The van der Waals surface area contributed by atoms with E-state index in [1.54, 1.807) is 0 Å². The molecule has 1 aliphatic rings. The Morgan fingerprint density at radius 2 is 2.13 bits per heavy atom. The largest absolute Gasteiger partial charge is 0.480 e. The van der Waals surface area contributed by atoms with Gasteiger partial charge in [-0.3, -0.25) is 9.59 Å². The Hall–Kier alpha value is -1.55. The molecular formula is C13H14ClFN2O5S. The molecule has 2 N–H and O–H groups in total. The number of hydrogen-bond donors (Lipinski definition) is 2. The summed E-state index contributed by atoms with van der Waals surface area (Å²) in [6.45, 7) is 0. The standard InChI is InChI=1S/C13H14ClFN2O5S/c1-17-11(6-10(13(19)20)16-23(17,21)22)12(18)5-7-2-3-9(15)8(14)4-7/h2-4,10-11,16H,5-6H2,1H3,(H,19,20). The highest BCUT2D eigenvalue weighted by Crippen LogP contribution is 2.21. The lowest BCUT2D eigenvalue weighted by atomic mass is 9.98. The molecule has 0 aromatic heterocycles. The second-order valence-electron chi connectivity index (χ2n) is 5.17. The third-order valence-electron chi connectivity index (χ3n) is 3.60. The summed E-state index contributed by atoms with van der Waals surface area (Å²) >= 11 is 5.64. The first-order valence-electron chi connectivity index (χ1n) is 6.56. The number of carbonyl (C=O) groups is 2. The molecular weight excluding hydrogens is 351 g/mol. The Kier molecular flexibility index (Phi) is 5.04. The number of Topliss-reactive ketones (excluding diaryl/α,β-unsaturated/α-hetero) is 1. The zero-order chi connectivity index (χ0) is 17.4. The first-order valence-corrected chi connectivity index (χ1v) is 8.38.